The number of fused-ring (bicyclic) bond motifs is 3. The fraction of sp³-hybridized carbons (Fsp3) is 0.333. The number of benzene rings is 1. The van der Waals surface area contributed by atoms with Gasteiger partial charge in [0.2, 0.25) is 0 Å². The molecule has 0 radical (unpaired) electrons. The highest BCUT2D eigenvalue weighted by atomic mass is 35.5. The highest BCUT2D eigenvalue weighted by Crippen LogP contribution is 2.46. The normalized spacial score (nSPS) is 16.9. The first-order valence-electron chi connectivity index (χ1n) is 6.81. The second-order valence-electron chi connectivity index (χ2n) is 5.35. The van der Waals surface area contributed by atoms with Gasteiger partial charge in [-0.15, -0.1) is 11.6 Å². The molecule has 1 aromatic heterocycles. The molecule has 1 aliphatic heterocycles. The summed E-state index contributed by atoms with van der Waals surface area (Å²) in [6.45, 7) is 3.45. The minimum absolute atomic E-state index is 0.127. The van der Waals surface area contributed by atoms with Crippen molar-refractivity contribution in [3.63, 3.8) is 0 Å². The van der Waals surface area contributed by atoms with E-state index in [0.29, 0.717) is 22.8 Å². The number of anilines is 1. The number of rotatable bonds is 2. The molecule has 0 bridgehead atoms. The van der Waals surface area contributed by atoms with Gasteiger partial charge in [-0.25, -0.2) is 0 Å². The number of aromatic amines is 1. The van der Waals surface area contributed by atoms with Crippen molar-refractivity contribution in [1.29, 1.82) is 0 Å². The van der Waals surface area contributed by atoms with E-state index in [0.717, 1.165) is 21.4 Å². The molecule has 1 aliphatic rings. The maximum atomic E-state index is 11.4. The number of aryl methyl sites for hydroxylation is 1. The number of carbonyl (C=O) groups is 2. The summed E-state index contributed by atoms with van der Waals surface area (Å²) in [7, 11) is 0. The number of H-pyrrole nitrogens is 1. The van der Waals surface area contributed by atoms with E-state index < -0.39 is 12.1 Å². The molecular weight excluding hydrogens is 308 g/mol. The zero-order chi connectivity index (χ0) is 16.0. The number of aromatic nitrogens is 1. The molecule has 2 heterocycles. The molecule has 0 saturated carbocycles. The second kappa shape index (κ2) is 5.21. The number of alkyl halides is 1. The third kappa shape index (κ3) is 2.11. The Balaban J connectivity index is 2.32. The van der Waals surface area contributed by atoms with Crippen LogP contribution in [0, 0.1) is 6.92 Å². The summed E-state index contributed by atoms with van der Waals surface area (Å²) in [5, 5.41) is 12.2. The quantitative estimate of drug-likeness (QED) is 0.520. The van der Waals surface area contributed by atoms with Crippen LogP contribution in [0.2, 0.25) is 0 Å². The van der Waals surface area contributed by atoms with Crippen LogP contribution in [-0.4, -0.2) is 29.5 Å². The van der Waals surface area contributed by atoms with Crippen molar-refractivity contribution in [3.05, 3.63) is 23.4 Å². The Morgan fingerprint density at radius 3 is 2.86 bits per heavy atom. The fourth-order valence-corrected chi connectivity index (χ4v) is 3.30. The van der Waals surface area contributed by atoms with E-state index in [9.17, 15) is 14.7 Å². The lowest BCUT2D eigenvalue weighted by Crippen LogP contribution is -2.40. The van der Waals surface area contributed by atoms with Gasteiger partial charge in [-0.3, -0.25) is 4.79 Å². The van der Waals surface area contributed by atoms with Gasteiger partial charge in [-0.1, -0.05) is 0 Å². The zero-order valence-electron chi connectivity index (χ0n) is 12.1. The standard InChI is InChI=1S/C15H15ClN2O4/c1-7-5-17-14-11(22-8(2)19)3-10-13(12(7)14)9(4-16)6-18(10)15(20)21/h3,5,9,17H,4,6H2,1-2H3,(H,20,21)/p-1/t9-/m1/s1. The van der Waals surface area contributed by atoms with Crippen molar-refractivity contribution in [2.75, 3.05) is 17.3 Å². The van der Waals surface area contributed by atoms with E-state index in [-0.39, 0.29) is 12.5 Å². The monoisotopic (exact) mass is 321 g/mol. The third-order valence-corrected chi connectivity index (χ3v) is 4.27. The SMILES string of the molecule is CC(=O)Oc1cc2c(c3c(C)c[nH]c13)[C@H](CCl)CN2C(=O)[O-]. The molecule has 1 atom stereocenters. The van der Waals surface area contributed by atoms with Gasteiger partial charge < -0.3 is 24.5 Å². The third-order valence-electron chi connectivity index (χ3n) is 3.90. The topological polar surface area (TPSA) is 85.5 Å². The van der Waals surface area contributed by atoms with Crippen LogP contribution in [0.15, 0.2) is 12.3 Å². The van der Waals surface area contributed by atoms with Crippen LogP contribution in [0.25, 0.3) is 10.9 Å². The molecule has 0 spiro atoms. The summed E-state index contributed by atoms with van der Waals surface area (Å²) in [6.07, 6.45) is 0.500. The van der Waals surface area contributed by atoms with Crippen molar-refractivity contribution >= 4 is 40.3 Å². The lowest BCUT2D eigenvalue weighted by atomic mass is 9.97. The maximum absolute atomic E-state index is 11.4. The lowest BCUT2D eigenvalue weighted by molar-refractivity contribution is -0.246. The zero-order valence-corrected chi connectivity index (χ0v) is 12.9. The number of nitrogens with zero attached hydrogens (tertiary/aromatic N) is 1. The first-order chi connectivity index (χ1) is 10.4. The highest BCUT2D eigenvalue weighted by Gasteiger charge is 2.33. The average molecular weight is 322 g/mol. The Morgan fingerprint density at radius 2 is 2.27 bits per heavy atom. The number of nitrogens with one attached hydrogen (secondary N) is 1. The Morgan fingerprint density at radius 1 is 1.55 bits per heavy atom. The van der Waals surface area contributed by atoms with Gasteiger partial charge in [0.15, 0.2) is 5.75 Å². The summed E-state index contributed by atoms with van der Waals surface area (Å²) >= 11 is 6.01. The summed E-state index contributed by atoms with van der Waals surface area (Å²) in [6, 6.07) is 1.55. The fourth-order valence-electron chi connectivity index (χ4n) is 3.05. The molecule has 116 valence electrons. The molecular formula is C15H14ClN2O4-. The summed E-state index contributed by atoms with van der Waals surface area (Å²) in [5.41, 5.74) is 2.93. The van der Waals surface area contributed by atoms with Gasteiger partial charge in [0.1, 0.15) is 6.09 Å². The molecule has 0 aliphatic carbocycles. The van der Waals surface area contributed by atoms with E-state index in [1.807, 2.05) is 6.92 Å². The van der Waals surface area contributed by atoms with Crippen LogP contribution in [0.5, 0.6) is 5.75 Å². The molecule has 7 heteroatoms. The average Bonchev–Trinajstić information content (AvgIpc) is 2.99. The Labute approximate surface area is 131 Å². The molecule has 1 aromatic carbocycles. The number of ether oxygens (including phenoxy) is 1. The van der Waals surface area contributed by atoms with Gasteiger partial charge in [0, 0.05) is 42.9 Å². The maximum Gasteiger partial charge on any atom is 0.308 e. The Bertz CT molecular complexity index is 783. The number of carboxylic acid groups (broad SMARTS) is 1. The summed E-state index contributed by atoms with van der Waals surface area (Å²) in [4.78, 5) is 26.9. The van der Waals surface area contributed by atoms with E-state index >= 15 is 0 Å². The van der Waals surface area contributed by atoms with Crippen molar-refractivity contribution in [3.8, 4) is 5.75 Å². The predicted molar refractivity (Wildman–Crippen MR) is 80.5 cm³/mol. The number of carbonyl (C=O) groups excluding carboxylic acids is 2. The molecule has 22 heavy (non-hydrogen) atoms. The highest BCUT2D eigenvalue weighted by molar-refractivity contribution is 6.19. The van der Waals surface area contributed by atoms with Gasteiger partial charge in [-0.2, -0.15) is 0 Å². The smallest absolute Gasteiger partial charge is 0.308 e. The lowest BCUT2D eigenvalue weighted by Gasteiger charge is -2.20. The number of hydrogen-bond acceptors (Lipinski definition) is 4. The molecule has 6 nitrogen and oxygen atoms in total. The van der Waals surface area contributed by atoms with Crippen molar-refractivity contribution in [1.82, 2.24) is 4.98 Å². The minimum Gasteiger partial charge on any atom is -0.530 e. The van der Waals surface area contributed by atoms with Gasteiger partial charge in [0.05, 0.1) is 11.2 Å². The second-order valence-corrected chi connectivity index (χ2v) is 5.66. The van der Waals surface area contributed by atoms with Gasteiger partial charge >= 0.3 is 5.97 Å². The number of esters is 1. The van der Waals surface area contributed by atoms with Crippen LogP contribution in [0.3, 0.4) is 0 Å². The van der Waals surface area contributed by atoms with Crippen LogP contribution in [0.4, 0.5) is 10.5 Å². The van der Waals surface area contributed by atoms with E-state index in [1.54, 1.807) is 12.3 Å². The van der Waals surface area contributed by atoms with Crippen molar-refractivity contribution in [2.45, 2.75) is 19.8 Å². The van der Waals surface area contributed by atoms with Gasteiger partial charge in [0.25, 0.3) is 0 Å². The minimum atomic E-state index is -1.30. The molecule has 1 N–H and O–H groups in total. The first kappa shape index (κ1) is 14.7. The molecule has 0 saturated heterocycles. The van der Waals surface area contributed by atoms with E-state index in [1.165, 1.54) is 6.92 Å². The molecule has 3 rings (SSSR count). The first-order valence-corrected chi connectivity index (χ1v) is 7.35. The largest absolute Gasteiger partial charge is 0.530 e. The summed E-state index contributed by atoms with van der Waals surface area (Å²) in [5.74, 6) is -0.00202. The predicted octanol–water partition coefficient (Wildman–Crippen LogP) is 1.89. The number of amides is 1. The number of halogens is 1. The summed E-state index contributed by atoms with van der Waals surface area (Å²) < 4.78 is 5.22. The van der Waals surface area contributed by atoms with E-state index in [2.05, 4.69) is 4.98 Å². The van der Waals surface area contributed by atoms with Crippen LogP contribution >= 0.6 is 11.6 Å². The van der Waals surface area contributed by atoms with Crippen LogP contribution < -0.4 is 14.7 Å². The Kier molecular flexibility index (Phi) is 3.48. The van der Waals surface area contributed by atoms with Crippen molar-refractivity contribution in [2.24, 2.45) is 0 Å². The van der Waals surface area contributed by atoms with Gasteiger partial charge in [-0.05, 0) is 18.1 Å². The molecule has 1 amide bonds. The van der Waals surface area contributed by atoms with E-state index in [4.69, 9.17) is 16.3 Å². The van der Waals surface area contributed by atoms with Crippen LogP contribution in [-0.2, 0) is 4.79 Å². The number of hydrogen-bond donors (Lipinski definition) is 1. The molecule has 0 fully saturated rings. The van der Waals surface area contributed by atoms with Crippen molar-refractivity contribution < 1.29 is 19.4 Å². The van der Waals surface area contributed by atoms with Crippen LogP contribution in [0.1, 0.15) is 24.0 Å². The Hall–Kier alpha value is -2.21. The molecule has 0 unspecified atom stereocenters. The molecule has 2 aromatic rings.